The number of aliphatic hydroxyl groups excluding tert-OH is 1. The van der Waals surface area contributed by atoms with E-state index in [1.807, 2.05) is 0 Å². The van der Waals surface area contributed by atoms with E-state index in [-0.39, 0.29) is 12.1 Å². The number of nitro groups is 1. The first kappa shape index (κ1) is 17.7. The number of carbonyl (C=O) groups is 1. The molecule has 2 N–H and O–H groups in total. The fraction of sp³-hybridized carbons (Fsp3) is 0.300. The summed E-state index contributed by atoms with van der Waals surface area (Å²) in [5, 5.41) is 28.3. The minimum Gasteiger partial charge on any atom is -0.479 e. The third-order valence-corrected chi connectivity index (χ3v) is 2.52. The maximum Gasteiger partial charge on any atom is 0.417 e. The van der Waals surface area contributed by atoms with Crippen molar-refractivity contribution in [1.82, 2.24) is 0 Å². The highest BCUT2D eigenvalue weighted by molar-refractivity contribution is 5.77. The van der Waals surface area contributed by atoms with Gasteiger partial charge in [0.2, 0.25) is 0 Å². The smallest absolute Gasteiger partial charge is 0.417 e. The standard InChI is InChI=1S/C10H5F6NO5/c11-9(12,13)3-1-2-4(17(21)22)5(7(18)8(19)20)6(3)10(14,15)16/h1-2,7,18H,(H,19,20). The van der Waals surface area contributed by atoms with Crippen molar-refractivity contribution >= 4 is 11.7 Å². The Balaban J connectivity index is 3.95. The molecule has 1 atom stereocenters. The molecule has 0 saturated heterocycles. The largest absolute Gasteiger partial charge is 0.479 e. The van der Waals surface area contributed by atoms with Gasteiger partial charge in [0.1, 0.15) is 0 Å². The Bertz CT molecular complexity index is 623. The van der Waals surface area contributed by atoms with Gasteiger partial charge in [0.25, 0.3) is 5.69 Å². The summed E-state index contributed by atoms with van der Waals surface area (Å²) in [6.45, 7) is 0. The highest BCUT2D eigenvalue weighted by Crippen LogP contribution is 2.46. The lowest BCUT2D eigenvalue weighted by Gasteiger charge is -2.20. The van der Waals surface area contributed by atoms with E-state index in [2.05, 4.69) is 0 Å². The number of aliphatic carboxylic acids is 1. The van der Waals surface area contributed by atoms with Crippen LogP contribution in [0, 0.1) is 10.1 Å². The first-order valence-corrected chi connectivity index (χ1v) is 5.15. The Hall–Kier alpha value is -2.37. The Morgan fingerprint density at radius 3 is 1.95 bits per heavy atom. The average molecular weight is 333 g/mol. The molecule has 0 aliphatic heterocycles. The predicted molar refractivity (Wildman–Crippen MR) is 55.7 cm³/mol. The van der Waals surface area contributed by atoms with Gasteiger partial charge in [-0.15, -0.1) is 0 Å². The van der Waals surface area contributed by atoms with Crippen molar-refractivity contribution < 1.29 is 46.3 Å². The van der Waals surface area contributed by atoms with Crippen molar-refractivity contribution in [3.05, 3.63) is 38.9 Å². The van der Waals surface area contributed by atoms with Gasteiger partial charge in [-0.2, -0.15) is 26.3 Å². The van der Waals surface area contributed by atoms with E-state index in [0.29, 0.717) is 0 Å². The quantitative estimate of drug-likeness (QED) is 0.503. The van der Waals surface area contributed by atoms with Crippen molar-refractivity contribution in [1.29, 1.82) is 0 Å². The minimum atomic E-state index is -5.78. The fourth-order valence-corrected chi connectivity index (χ4v) is 1.71. The molecule has 1 aromatic carbocycles. The van der Waals surface area contributed by atoms with Crippen molar-refractivity contribution in [3.63, 3.8) is 0 Å². The number of halogens is 6. The highest BCUT2D eigenvalue weighted by atomic mass is 19.4. The normalized spacial score (nSPS) is 13.8. The summed E-state index contributed by atoms with van der Waals surface area (Å²) < 4.78 is 76.6. The second-order valence-corrected chi connectivity index (χ2v) is 3.91. The molecule has 0 aliphatic carbocycles. The third kappa shape index (κ3) is 3.27. The zero-order valence-electron chi connectivity index (χ0n) is 10.1. The van der Waals surface area contributed by atoms with Crippen LogP contribution in [0.15, 0.2) is 12.1 Å². The SMILES string of the molecule is O=C(O)C(O)c1c([N+](=O)[O-])ccc(C(F)(F)F)c1C(F)(F)F. The van der Waals surface area contributed by atoms with E-state index in [9.17, 15) is 46.4 Å². The van der Waals surface area contributed by atoms with Gasteiger partial charge in [-0.1, -0.05) is 0 Å². The molecule has 0 amide bonds. The van der Waals surface area contributed by atoms with Gasteiger partial charge in [0, 0.05) is 6.07 Å². The summed E-state index contributed by atoms with van der Waals surface area (Å²) in [5.41, 5.74) is -8.50. The van der Waals surface area contributed by atoms with E-state index in [1.54, 1.807) is 0 Å². The zero-order valence-corrected chi connectivity index (χ0v) is 10.1. The van der Waals surface area contributed by atoms with Crippen LogP contribution in [0.3, 0.4) is 0 Å². The van der Waals surface area contributed by atoms with Crippen LogP contribution in [0.5, 0.6) is 0 Å². The Morgan fingerprint density at radius 2 is 1.64 bits per heavy atom. The first-order chi connectivity index (χ1) is 9.78. The average Bonchev–Trinajstić information content (AvgIpc) is 2.33. The van der Waals surface area contributed by atoms with Gasteiger partial charge in [0.05, 0.1) is 21.6 Å². The van der Waals surface area contributed by atoms with E-state index in [1.165, 1.54) is 0 Å². The number of nitro benzene ring substituents is 1. The summed E-state index contributed by atoms with van der Waals surface area (Å²) >= 11 is 0. The maximum atomic E-state index is 12.9. The van der Waals surface area contributed by atoms with Gasteiger partial charge in [0.15, 0.2) is 6.10 Å². The first-order valence-electron chi connectivity index (χ1n) is 5.15. The zero-order chi connectivity index (χ0) is 17.5. The predicted octanol–water partition coefficient (Wildman–Crippen LogP) is 2.75. The van der Waals surface area contributed by atoms with E-state index in [4.69, 9.17) is 5.11 Å². The lowest BCUT2D eigenvalue weighted by molar-refractivity contribution is -0.386. The van der Waals surface area contributed by atoms with Gasteiger partial charge in [-0.3, -0.25) is 10.1 Å². The number of carboxylic acids is 1. The van der Waals surface area contributed by atoms with Crippen molar-refractivity contribution in [3.8, 4) is 0 Å². The maximum absolute atomic E-state index is 12.9. The van der Waals surface area contributed by atoms with Gasteiger partial charge in [-0.25, -0.2) is 4.79 Å². The topological polar surface area (TPSA) is 101 Å². The minimum absolute atomic E-state index is 0.0551. The molecular formula is C10H5F6NO5. The van der Waals surface area contributed by atoms with Crippen LogP contribution < -0.4 is 0 Å². The molecule has 0 aliphatic rings. The number of nitrogens with zero attached hydrogens (tertiary/aromatic N) is 1. The molecule has 6 nitrogen and oxygen atoms in total. The van der Waals surface area contributed by atoms with E-state index in [0.717, 1.165) is 0 Å². The van der Waals surface area contributed by atoms with Gasteiger partial charge in [-0.05, 0) is 6.07 Å². The molecule has 1 rings (SSSR count). The Morgan fingerprint density at radius 1 is 1.14 bits per heavy atom. The molecule has 1 unspecified atom stereocenters. The molecule has 1 aromatic rings. The molecule has 22 heavy (non-hydrogen) atoms. The monoisotopic (exact) mass is 333 g/mol. The lowest BCUT2D eigenvalue weighted by atomic mass is 9.94. The third-order valence-electron chi connectivity index (χ3n) is 2.52. The molecule has 0 spiro atoms. The molecule has 0 heterocycles. The van der Waals surface area contributed by atoms with Crippen LogP contribution >= 0.6 is 0 Å². The molecule has 122 valence electrons. The molecule has 0 bridgehead atoms. The summed E-state index contributed by atoms with van der Waals surface area (Å²) in [7, 11) is 0. The second-order valence-electron chi connectivity index (χ2n) is 3.91. The van der Waals surface area contributed by atoms with Crippen molar-refractivity contribution in [2.75, 3.05) is 0 Å². The lowest BCUT2D eigenvalue weighted by Crippen LogP contribution is -2.24. The molecule has 0 radical (unpaired) electrons. The van der Waals surface area contributed by atoms with E-state index >= 15 is 0 Å². The number of hydrogen-bond donors (Lipinski definition) is 2. The number of benzene rings is 1. The van der Waals surface area contributed by atoms with Crippen LogP contribution in [0.1, 0.15) is 22.8 Å². The number of aliphatic hydroxyl groups is 1. The Kier molecular flexibility index (Phi) is 4.37. The number of carboxylic acid groups (broad SMARTS) is 1. The van der Waals surface area contributed by atoms with E-state index < -0.39 is 51.7 Å². The fourth-order valence-electron chi connectivity index (χ4n) is 1.71. The molecule has 0 aromatic heterocycles. The van der Waals surface area contributed by atoms with Crippen molar-refractivity contribution in [2.45, 2.75) is 18.5 Å². The molecule has 0 fully saturated rings. The summed E-state index contributed by atoms with van der Waals surface area (Å²) in [6, 6.07) is -0.140. The molecule has 12 heteroatoms. The van der Waals surface area contributed by atoms with Crippen LogP contribution in [0.25, 0.3) is 0 Å². The summed E-state index contributed by atoms with van der Waals surface area (Å²) in [5.74, 6) is -2.37. The molecule has 0 saturated carbocycles. The highest BCUT2D eigenvalue weighted by Gasteiger charge is 2.49. The van der Waals surface area contributed by atoms with Gasteiger partial charge >= 0.3 is 18.3 Å². The van der Waals surface area contributed by atoms with Crippen LogP contribution in [0.4, 0.5) is 32.0 Å². The van der Waals surface area contributed by atoms with Crippen LogP contribution in [0.2, 0.25) is 0 Å². The van der Waals surface area contributed by atoms with Crippen LogP contribution in [-0.4, -0.2) is 21.1 Å². The summed E-state index contributed by atoms with van der Waals surface area (Å²) in [4.78, 5) is 19.7. The Labute approximate surface area is 116 Å². The summed E-state index contributed by atoms with van der Waals surface area (Å²) in [6.07, 6.45) is -14.5. The number of hydrogen-bond acceptors (Lipinski definition) is 4. The van der Waals surface area contributed by atoms with Crippen molar-refractivity contribution in [2.24, 2.45) is 0 Å². The number of rotatable bonds is 3. The van der Waals surface area contributed by atoms with Gasteiger partial charge < -0.3 is 10.2 Å². The van der Waals surface area contributed by atoms with Crippen LogP contribution in [-0.2, 0) is 17.1 Å². The second kappa shape index (κ2) is 5.44. The molecular weight excluding hydrogens is 328 g/mol. The number of alkyl halides is 6.